The molecule has 0 unspecified atom stereocenters. The van der Waals surface area contributed by atoms with E-state index >= 15 is 0 Å². The van der Waals surface area contributed by atoms with E-state index in [0.29, 0.717) is 5.56 Å². The van der Waals surface area contributed by atoms with E-state index in [-0.39, 0.29) is 5.75 Å². The van der Waals surface area contributed by atoms with Crippen molar-refractivity contribution in [3.63, 3.8) is 0 Å². The molecule has 158 valence electrons. The lowest BCUT2D eigenvalue weighted by molar-refractivity contribution is 0.249. The van der Waals surface area contributed by atoms with Crippen molar-refractivity contribution in [2.45, 2.75) is 6.54 Å². The standard InChI is InChI=1S/C26H23N5O/c27-16-19-1-3-20(4-2-19)18-30-11-13-31(14-12-30)26-17-28-24-10-7-22(15-25(24)29-26)21-5-8-23(32)9-6-21/h1-10,15,17,32H,11-14,18H2. The van der Waals surface area contributed by atoms with E-state index in [1.807, 2.05) is 54.7 Å². The lowest BCUT2D eigenvalue weighted by Crippen LogP contribution is -2.46. The Hall–Kier alpha value is -3.95. The normalized spacial score (nSPS) is 14.4. The average Bonchev–Trinajstić information content (AvgIpc) is 2.85. The third-order valence-corrected chi connectivity index (χ3v) is 5.92. The van der Waals surface area contributed by atoms with Gasteiger partial charge in [-0.2, -0.15) is 5.26 Å². The molecule has 0 amide bonds. The Morgan fingerprint density at radius 3 is 2.28 bits per heavy atom. The minimum atomic E-state index is 0.259. The van der Waals surface area contributed by atoms with Crippen LogP contribution >= 0.6 is 0 Å². The molecule has 0 aliphatic carbocycles. The Balaban J connectivity index is 1.28. The van der Waals surface area contributed by atoms with Crippen LogP contribution in [-0.2, 0) is 6.54 Å². The molecular weight excluding hydrogens is 398 g/mol. The van der Waals surface area contributed by atoms with Crippen molar-refractivity contribution in [2.75, 3.05) is 31.1 Å². The molecule has 1 aromatic heterocycles. The topological polar surface area (TPSA) is 76.3 Å². The molecule has 5 rings (SSSR count). The number of rotatable bonds is 4. The molecule has 0 saturated carbocycles. The largest absolute Gasteiger partial charge is 0.508 e. The molecule has 0 bridgehead atoms. The van der Waals surface area contributed by atoms with Gasteiger partial charge in [-0.3, -0.25) is 9.88 Å². The zero-order valence-electron chi connectivity index (χ0n) is 17.6. The van der Waals surface area contributed by atoms with Crippen molar-refractivity contribution in [3.05, 3.63) is 84.1 Å². The van der Waals surface area contributed by atoms with Crippen LogP contribution in [0.15, 0.2) is 72.9 Å². The van der Waals surface area contributed by atoms with E-state index in [9.17, 15) is 5.11 Å². The second-order valence-electron chi connectivity index (χ2n) is 8.05. The van der Waals surface area contributed by atoms with Crippen molar-refractivity contribution in [2.24, 2.45) is 0 Å². The number of aromatic nitrogens is 2. The summed E-state index contributed by atoms with van der Waals surface area (Å²) in [5.74, 6) is 1.16. The maximum atomic E-state index is 9.54. The molecular formula is C26H23N5O. The van der Waals surface area contributed by atoms with Gasteiger partial charge in [0.25, 0.3) is 0 Å². The summed E-state index contributed by atoms with van der Waals surface area (Å²) in [6.45, 7) is 4.59. The summed E-state index contributed by atoms with van der Waals surface area (Å²) in [4.78, 5) is 14.2. The molecule has 1 aliphatic rings. The molecule has 3 aromatic carbocycles. The number of nitrogens with zero attached hydrogens (tertiary/aromatic N) is 5. The van der Waals surface area contributed by atoms with Crippen molar-refractivity contribution in [3.8, 4) is 22.9 Å². The first-order valence-electron chi connectivity index (χ1n) is 10.7. The number of anilines is 1. The van der Waals surface area contributed by atoms with Crippen LogP contribution in [0, 0.1) is 11.3 Å². The van der Waals surface area contributed by atoms with Crippen LogP contribution in [0.3, 0.4) is 0 Å². The van der Waals surface area contributed by atoms with Crippen molar-refractivity contribution in [1.29, 1.82) is 5.26 Å². The third-order valence-electron chi connectivity index (χ3n) is 5.92. The highest BCUT2D eigenvalue weighted by Crippen LogP contribution is 2.26. The van der Waals surface area contributed by atoms with E-state index in [1.54, 1.807) is 12.1 Å². The van der Waals surface area contributed by atoms with E-state index in [2.05, 4.69) is 26.9 Å². The molecule has 0 radical (unpaired) electrons. The fourth-order valence-electron chi connectivity index (χ4n) is 4.07. The summed E-state index contributed by atoms with van der Waals surface area (Å²) in [6, 6.07) is 23.3. The number of phenols is 1. The number of phenolic OH excluding ortho intramolecular Hbond substituents is 1. The molecule has 2 heterocycles. The van der Waals surface area contributed by atoms with Gasteiger partial charge in [0.1, 0.15) is 11.6 Å². The van der Waals surface area contributed by atoms with Crippen molar-refractivity contribution >= 4 is 16.9 Å². The molecule has 32 heavy (non-hydrogen) atoms. The van der Waals surface area contributed by atoms with E-state index in [0.717, 1.165) is 60.7 Å². The number of fused-ring (bicyclic) bond motifs is 1. The van der Waals surface area contributed by atoms with Gasteiger partial charge >= 0.3 is 0 Å². The van der Waals surface area contributed by atoms with E-state index in [4.69, 9.17) is 10.2 Å². The molecule has 1 fully saturated rings. The highest BCUT2D eigenvalue weighted by atomic mass is 16.3. The summed E-state index contributed by atoms with van der Waals surface area (Å²) in [5.41, 5.74) is 5.75. The smallest absolute Gasteiger partial charge is 0.147 e. The number of piperazine rings is 1. The van der Waals surface area contributed by atoms with Gasteiger partial charge < -0.3 is 10.0 Å². The molecule has 1 N–H and O–H groups in total. The summed E-state index contributed by atoms with van der Waals surface area (Å²) in [5, 5.41) is 18.5. The van der Waals surface area contributed by atoms with Crippen LogP contribution in [0.25, 0.3) is 22.2 Å². The fourth-order valence-corrected chi connectivity index (χ4v) is 4.07. The monoisotopic (exact) mass is 421 g/mol. The quantitative estimate of drug-likeness (QED) is 0.532. The molecule has 4 aromatic rings. The minimum Gasteiger partial charge on any atom is -0.508 e. The Morgan fingerprint density at radius 2 is 1.56 bits per heavy atom. The van der Waals surface area contributed by atoms with Gasteiger partial charge in [-0.05, 0) is 53.1 Å². The van der Waals surface area contributed by atoms with Crippen molar-refractivity contribution in [1.82, 2.24) is 14.9 Å². The second-order valence-corrected chi connectivity index (χ2v) is 8.05. The zero-order chi connectivity index (χ0) is 21.9. The molecule has 1 saturated heterocycles. The van der Waals surface area contributed by atoms with E-state index in [1.165, 1.54) is 5.56 Å². The lowest BCUT2D eigenvalue weighted by atomic mass is 10.0. The highest BCUT2D eigenvalue weighted by molar-refractivity contribution is 5.82. The average molecular weight is 422 g/mol. The SMILES string of the molecule is N#Cc1ccc(CN2CCN(c3cnc4ccc(-c5ccc(O)cc5)cc4n3)CC2)cc1. The molecule has 1 aliphatic heterocycles. The van der Waals surface area contributed by atoms with Crippen LogP contribution in [0.5, 0.6) is 5.75 Å². The maximum Gasteiger partial charge on any atom is 0.147 e. The molecule has 0 atom stereocenters. The summed E-state index contributed by atoms with van der Waals surface area (Å²) >= 11 is 0. The summed E-state index contributed by atoms with van der Waals surface area (Å²) < 4.78 is 0. The number of nitriles is 1. The van der Waals surface area contributed by atoms with Gasteiger partial charge in [0.05, 0.1) is 28.9 Å². The number of benzene rings is 3. The van der Waals surface area contributed by atoms with Crippen LogP contribution in [-0.4, -0.2) is 46.2 Å². The van der Waals surface area contributed by atoms with Gasteiger partial charge in [0.15, 0.2) is 0 Å². The van der Waals surface area contributed by atoms with Gasteiger partial charge in [-0.1, -0.05) is 30.3 Å². The Labute approximate surface area is 187 Å². The van der Waals surface area contributed by atoms with Crippen molar-refractivity contribution < 1.29 is 5.11 Å². The number of hydrogen-bond donors (Lipinski definition) is 1. The van der Waals surface area contributed by atoms with Gasteiger partial charge in [-0.25, -0.2) is 4.98 Å². The summed E-state index contributed by atoms with van der Waals surface area (Å²) in [6.07, 6.45) is 1.86. The van der Waals surface area contributed by atoms with Gasteiger partial charge in [0, 0.05) is 32.7 Å². The first-order chi connectivity index (χ1) is 15.7. The molecule has 0 spiro atoms. The van der Waals surface area contributed by atoms with Gasteiger partial charge in [-0.15, -0.1) is 0 Å². The fraction of sp³-hybridized carbons (Fsp3) is 0.192. The molecule has 6 nitrogen and oxygen atoms in total. The summed E-state index contributed by atoms with van der Waals surface area (Å²) in [7, 11) is 0. The Bertz CT molecular complexity index is 1270. The second kappa shape index (κ2) is 8.66. The van der Waals surface area contributed by atoms with Crippen LogP contribution in [0.2, 0.25) is 0 Å². The Kier molecular flexibility index (Phi) is 5.40. The first-order valence-corrected chi connectivity index (χ1v) is 10.7. The molecule has 6 heteroatoms. The highest BCUT2D eigenvalue weighted by Gasteiger charge is 2.19. The number of aromatic hydroxyl groups is 1. The van der Waals surface area contributed by atoms with Crippen LogP contribution < -0.4 is 4.90 Å². The predicted molar refractivity (Wildman–Crippen MR) is 125 cm³/mol. The first kappa shape index (κ1) is 20.0. The minimum absolute atomic E-state index is 0.259. The van der Waals surface area contributed by atoms with Crippen LogP contribution in [0.1, 0.15) is 11.1 Å². The van der Waals surface area contributed by atoms with E-state index < -0.39 is 0 Å². The van der Waals surface area contributed by atoms with Crippen LogP contribution in [0.4, 0.5) is 5.82 Å². The van der Waals surface area contributed by atoms with Gasteiger partial charge in [0.2, 0.25) is 0 Å². The maximum absolute atomic E-state index is 9.54. The predicted octanol–water partition coefficient (Wildman–Crippen LogP) is 4.20. The third kappa shape index (κ3) is 4.25. The zero-order valence-corrected chi connectivity index (χ0v) is 17.6. The lowest BCUT2D eigenvalue weighted by Gasteiger charge is -2.35. The number of hydrogen-bond acceptors (Lipinski definition) is 6. The Morgan fingerprint density at radius 1 is 0.844 bits per heavy atom.